The summed E-state index contributed by atoms with van der Waals surface area (Å²) in [5, 5.41) is 10.00. The molecule has 0 radical (unpaired) electrons. The van der Waals surface area contributed by atoms with Gasteiger partial charge in [-0.25, -0.2) is 15.0 Å². The third-order valence-corrected chi connectivity index (χ3v) is 10.2. The molecular formula is C47H27N3O. The first-order valence-electron chi connectivity index (χ1n) is 17.2. The lowest BCUT2D eigenvalue weighted by molar-refractivity contribution is 0.672. The molecule has 0 saturated heterocycles. The van der Waals surface area contributed by atoms with E-state index in [4.69, 9.17) is 19.4 Å². The van der Waals surface area contributed by atoms with Crippen LogP contribution in [0.2, 0.25) is 0 Å². The molecule has 11 rings (SSSR count). The van der Waals surface area contributed by atoms with Gasteiger partial charge >= 0.3 is 0 Å². The van der Waals surface area contributed by atoms with Gasteiger partial charge in [0.2, 0.25) is 0 Å². The first-order valence-corrected chi connectivity index (χ1v) is 17.2. The number of benzene rings is 7. The highest BCUT2D eigenvalue weighted by atomic mass is 16.3. The smallest absolute Gasteiger partial charge is 0.144 e. The van der Waals surface area contributed by atoms with Gasteiger partial charge in [0, 0.05) is 43.6 Å². The molecule has 0 aliphatic carbocycles. The Balaban J connectivity index is 1.12. The van der Waals surface area contributed by atoms with Gasteiger partial charge in [-0.2, -0.15) is 0 Å². The van der Waals surface area contributed by atoms with E-state index in [2.05, 4.69) is 133 Å². The Hall–Kier alpha value is -6.91. The molecule has 4 aromatic heterocycles. The molecule has 0 atom stereocenters. The Bertz CT molecular complexity index is 3200. The van der Waals surface area contributed by atoms with Gasteiger partial charge < -0.3 is 4.42 Å². The van der Waals surface area contributed by atoms with Crippen molar-refractivity contribution in [3.63, 3.8) is 0 Å². The molecule has 51 heavy (non-hydrogen) atoms. The van der Waals surface area contributed by atoms with Crippen molar-refractivity contribution in [3.8, 4) is 33.8 Å². The summed E-state index contributed by atoms with van der Waals surface area (Å²) in [4.78, 5) is 15.7. The number of para-hydroxylation sites is 1. The van der Waals surface area contributed by atoms with Crippen LogP contribution in [0.5, 0.6) is 0 Å². The lowest BCUT2D eigenvalue weighted by Crippen LogP contribution is -1.93. The molecule has 0 N–H and O–H groups in total. The van der Waals surface area contributed by atoms with E-state index in [-0.39, 0.29) is 0 Å². The second kappa shape index (κ2) is 10.8. The van der Waals surface area contributed by atoms with Crippen LogP contribution in [0.4, 0.5) is 0 Å². The quantitative estimate of drug-likeness (QED) is 0.141. The topological polar surface area (TPSA) is 51.8 Å². The molecule has 4 heteroatoms. The fourth-order valence-corrected chi connectivity index (χ4v) is 7.70. The van der Waals surface area contributed by atoms with E-state index in [1.165, 1.54) is 10.8 Å². The fourth-order valence-electron chi connectivity index (χ4n) is 7.70. The Morgan fingerprint density at radius 2 is 0.922 bits per heavy atom. The summed E-state index contributed by atoms with van der Waals surface area (Å²) in [6, 6.07) is 57.3. The van der Waals surface area contributed by atoms with Gasteiger partial charge in [0.05, 0.1) is 33.6 Å². The van der Waals surface area contributed by atoms with Crippen LogP contribution in [0.1, 0.15) is 0 Å². The van der Waals surface area contributed by atoms with Crippen LogP contribution in [-0.4, -0.2) is 15.0 Å². The average molecular weight is 650 g/mol. The van der Waals surface area contributed by atoms with Crippen LogP contribution in [0.3, 0.4) is 0 Å². The molecular weight excluding hydrogens is 623 g/mol. The molecule has 0 unspecified atom stereocenters. The molecule has 0 bridgehead atoms. The maximum atomic E-state index is 6.33. The van der Waals surface area contributed by atoms with Crippen LogP contribution in [0.25, 0.3) is 110 Å². The molecule has 236 valence electrons. The van der Waals surface area contributed by atoms with Crippen molar-refractivity contribution >= 4 is 76.2 Å². The highest BCUT2D eigenvalue weighted by molar-refractivity contribution is 6.15. The fraction of sp³-hybridized carbons (Fsp3) is 0. The maximum Gasteiger partial charge on any atom is 0.144 e. The van der Waals surface area contributed by atoms with E-state index in [1.54, 1.807) is 0 Å². The summed E-state index contributed by atoms with van der Waals surface area (Å²) in [6.07, 6.45) is 0. The maximum absolute atomic E-state index is 6.33. The summed E-state index contributed by atoms with van der Waals surface area (Å²) < 4.78 is 6.33. The largest absolute Gasteiger partial charge is 0.455 e. The highest BCUT2D eigenvalue weighted by Gasteiger charge is 2.16. The Kier molecular flexibility index (Phi) is 5.92. The van der Waals surface area contributed by atoms with Gasteiger partial charge in [-0.05, 0) is 76.1 Å². The van der Waals surface area contributed by atoms with Crippen molar-refractivity contribution in [2.75, 3.05) is 0 Å². The highest BCUT2D eigenvalue weighted by Crippen LogP contribution is 2.40. The first-order chi connectivity index (χ1) is 25.2. The summed E-state index contributed by atoms with van der Waals surface area (Å²) in [7, 11) is 0. The number of furan rings is 1. The number of pyridine rings is 3. The van der Waals surface area contributed by atoms with Gasteiger partial charge in [0.1, 0.15) is 11.2 Å². The minimum absolute atomic E-state index is 0.874. The van der Waals surface area contributed by atoms with Gasteiger partial charge in [-0.3, -0.25) is 0 Å². The summed E-state index contributed by atoms with van der Waals surface area (Å²) in [5.74, 6) is 0. The van der Waals surface area contributed by atoms with Crippen molar-refractivity contribution in [3.05, 3.63) is 164 Å². The number of fused-ring (bicyclic) bond motifs is 10. The standard InChI is InChI=1S/C47H27N3O/c1-2-8-28(9-3-1)40-22-16-29-14-15-30-17-23-42(50-46(30)45(29)49-40)34-19-18-33(38-26-31-10-4-5-11-32(31)27-39(34)38)41-25-21-37-43(48-41)24-20-36-35-12-6-7-13-44(35)51-47(36)37/h1-27H. The molecule has 7 aromatic carbocycles. The zero-order valence-corrected chi connectivity index (χ0v) is 27.3. The lowest BCUT2D eigenvalue weighted by Gasteiger charge is -2.14. The van der Waals surface area contributed by atoms with Crippen LogP contribution in [0, 0.1) is 0 Å². The molecule has 0 aliphatic heterocycles. The number of nitrogens with zero attached hydrogens (tertiary/aromatic N) is 3. The van der Waals surface area contributed by atoms with Crippen LogP contribution < -0.4 is 0 Å². The normalized spacial score (nSPS) is 11.9. The minimum Gasteiger partial charge on any atom is -0.455 e. The SMILES string of the molecule is c1ccc(-c2ccc3ccc4ccc(-c5ccc(-c6ccc7c(ccc8c9ccccc9oc78)n6)c6cc7ccccc7cc56)nc4c3n2)cc1. The second-order valence-corrected chi connectivity index (χ2v) is 13.2. The third kappa shape index (κ3) is 4.37. The Morgan fingerprint density at radius 3 is 1.67 bits per heavy atom. The molecule has 4 nitrogen and oxygen atoms in total. The first kappa shape index (κ1) is 28.0. The molecule has 0 fully saturated rings. The molecule has 0 amide bonds. The van der Waals surface area contributed by atoms with E-state index in [0.29, 0.717) is 0 Å². The number of aromatic nitrogens is 3. The number of rotatable bonds is 3. The van der Waals surface area contributed by atoms with Crippen LogP contribution in [-0.2, 0) is 0 Å². The minimum atomic E-state index is 0.874. The predicted octanol–water partition coefficient (Wildman–Crippen LogP) is 12.5. The molecule has 4 heterocycles. The Labute approximate surface area is 292 Å². The van der Waals surface area contributed by atoms with Crippen molar-refractivity contribution < 1.29 is 4.42 Å². The third-order valence-electron chi connectivity index (χ3n) is 10.2. The van der Waals surface area contributed by atoms with Crippen molar-refractivity contribution in [2.45, 2.75) is 0 Å². The lowest BCUT2D eigenvalue weighted by atomic mass is 9.92. The van der Waals surface area contributed by atoms with E-state index < -0.39 is 0 Å². The summed E-state index contributed by atoms with van der Waals surface area (Å²) >= 11 is 0. The Morgan fingerprint density at radius 1 is 0.353 bits per heavy atom. The number of hydrogen-bond donors (Lipinski definition) is 0. The van der Waals surface area contributed by atoms with Crippen molar-refractivity contribution in [1.82, 2.24) is 15.0 Å². The summed E-state index contributed by atoms with van der Waals surface area (Å²) in [5.41, 5.74) is 10.5. The second-order valence-electron chi connectivity index (χ2n) is 13.2. The van der Waals surface area contributed by atoms with Crippen LogP contribution in [0.15, 0.2) is 168 Å². The molecule has 0 aliphatic rings. The molecule has 0 saturated carbocycles. The monoisotopic (exact) mass is 649 g/mol. The van der Waals surface area contributed by atoms with Crippen molar-refractivity contribution in [2.24, 2.45) is 0 Å². The van der Waals surface area contributed by atoms with Gasteiger partial charge in [-0.15, -0.1) is 0 Å². The van der Waals surface area contributed by atoms with Crippen molar-refractivity contribution in [1.29, 1.82) is 0 Å². The van der Waals surface area contributed by atoms with Gasteiger partial charge in [-0.1, -0.05) is 109 Å². The zero-order chi connectivity index (χ0) is 33.5. The van der Waals surface area contributed by atoms with Crippen LogP contribution >= 0.6 is 0 Å². The van der Waals surface area contributed by atoms with Gasteiger partial charge in [0.15, 0.2) is 0 Å². The summed E-state index contributed by atoms with van der Waals surface area (Å²) in [6.45, 7) is 0. The number of hydrogen-bond acceptors (Lipinski definition) is 4. The van der Waals surface area contributed by atoms with E-state index in [0.717, 1.165) is 99.2 Å². The molecule has 11 aromatic rings. The average Bonchev–Trinajstić information content (AvgIpc) is 3.58. The zero-order valence-electron chi connectivity index (χ0n) is 27.3. The van der Waals surface area contributed by atoms with E-state index in [1.807, 2.05) is 30.3 Å². The molecule has 0 spiro atoms. The van der Waals surface area contributed by atoms with E-state index in [9.17, 15) is 0 Å². The predicted molar refractivity (Wildman–Crippen MR) is 211 cm³/mol. The van der Waals surface area contributed by atoms with E-state index >= 15 is 0 Å². The van der Waals surface area contributed by atoms with Gasteiger partial charge in [0.25, 0.3) is 0 Å².